The van der Waals surface area contributed by atoms with Crippen molar-refractivity contribution in [1.82, 2.24) is 9.55 Å². The van der Waals surface area contributed by atoms with Gasteiger partial charge in [-0.1, -0.05) is 18.2 Å². The molecule has 102 valence electrons. The summed E-state index contributed by atoms with van der Waals surface area (Å²) in [4.78, 5) is 4.06. The highest BCUT2D eigenvalue weighted by atomic mass is 16.2. The fraction of sp³-hybridized carbons (Fsp3) is 0.235. The lowest BCUT2D eigenvalue weighted by atomic mass is 10.1. The number of aliphatic hydroxyl groups excluding tert-OH is 1. The summed E-state index contributed by atoms with van der Waals surface area (Å²) < 4.78 is 2.32. The van der Waals surface area contributed by atoms with E-state index < -0.39 is 0 Å². The molecule has 0 saturated heterocycles. The Morgan fingerprint density at radius 2 is 1.85 bits per heavy atom. The van der Waals surface area contributed by atoms with Crippen LogP contribution in [0.25, 0.3) is 10.9 Å². The fourth-order valence-electron chi connectivity index (χ4n) is 2.80. The van der Waals surface area contributed by atoms with Gasteiger partial charge >= 0.3 is 0 Å². The maximum Gasteiger partial charge on any atom is 0.0488 e. The van der Waals surface area contributed by atoms with Crippen molar-refractivity contribution in [2.24, 2.45) is 0 Å². The minimum Gasteiger partial charge on any atom is -0.396 e. The first-order valence-corrected chi connectivity index (χ1v) is 6.87. The molecule has 3 rings (SSSR count). The summed E-state index contributed by atoms with van der Waals surface area (Å²) in [5.74, 6) is 0. The van der Waals surface area contributed by atoms with Crippen molar-refractivity contribution < 1.29 is 5.11 Å². The van der Waals surface area contributed by atoms with Crippen molar-refractivity contribution in [1.29, 1.82) is 0 Å². The van der Waals surface area contributed by atoms with E-state index in [1.54, 1.807) is 0 Å². The summed E-state index contributed by atoms with van der Waals surface area (Å²) in [5, 5.41) is 10.5. The number of nitrogens with zero attached hydrogens (tertiary/aromatic N) is 2. The summed E-state index contributed by atoms with van der Waals surface area (Å²) in [5.41, 5.74) is 4.94. The van der Waals surface area contributed by atoms with E-state index in [0.29, 0.717) is 6.42 Å². The highest BCUT2D eigenvalue weighted by Crippen LogP contribution is 2.27. The van der Waals surface area contributed by atoms with E-state index >= 15 is 0 Å². The number of hydrogen-bond donors (Lipinski definition) is 1. The van der Waals surface area contributed by atoms with Crippen molar-refractivity contribution >= 4 is 10.9 Å². The number of aliphatic hydroxyl groups is 1. The van der Waals surface area contributed by atoms with Crippen molar-refractivity contribution in [2.45, 2.75) is 19.9 Å². The van der Waals surface area contributed by atoms with Crippen LogP contribution in [0.3, 0.4) is 0 Å². The van der Waals surface area contributed by atoms with E-state index in [9.17, 15) is 5.11 Å². The van der Waals surface area contributed by atoms with Crippen LogP contribution < -0.4 is 0 Å². The van der Waals surface area contributed by atoms with E-state index in [4.69, 9.17) is 0 Å². The SMILES string of the molecule is Cc1c(CCO)c2ccccc2n1Cc1ccncc1. The number of hydrogen-bond acceptors (Lipinski definition) is 2. The first kappa shape index (κ1) is 12.9. The standard InChI is InChI=1S/C17H18N2O/c1-13-15(8-11-20)16-4-2-3-5-17(16)19(13)12-14-6-9-18-10-7-14/h2-7,9-10,20H,8,11-12H2,1H3. The van der Waals surface area contributed by atoms with Gasteiger partial charge in [-0.05, 0) is 42.7 Å². The van der Waals surface area contributed by atoms with Crippen LogP contribution in [0.2, 0.25) is 0 Å². The van der Waals surface area contributed by atoms with E-state index in [0.717, 1.165) is 6.54 Å². The Morgan fingerprint density at radius 1 is 1.10 bits per heavy atom. The molecule has 3 aromatic rings. The minimum atomic E-state index is 0.185. The van der Waals surface area contributed by atoms with E-state index in [1.165, 1.54) is 27.7 Å². The zero-order valence-corrected chi connectivity index (χ0v) is 11.6. The van der Waals surface area contributed by atoms with Gasteiger partial charge in [0.2, 0.25) is 0 Å². The monoisotopic (exact) mass is 266 g/mol. The van der Waals surface area contributed by atoms with Crippen LogP contribution in [-0.2, 0) is 13.0 Å². The van der Waals surface area contributed by atoms with Gasteiger partial charge in [0.25, 0.3) is 0 Å². The Bertz CT molecular complexity index is 716. The molecule has 2 aromatic heterocycles. The average molecular weight is 266 g/mol. The molecular formula is C17H18N2O. The lowest BCUT2D eigenvalue weighted by Crippen LogP contribution is -2.03. The molecule has 0 unspecified atom stereocenters. The topological polar surface area (TPSA) is 38.0 Å². The Morgan fingerprint density at radius 3 is 2.60 bits per heavy atom. The maximum atomic E-state index is 9.29. The average Bonchev–Trinajstić information content (AvgIpc) is 2.75. The maximum absolute atomic E-state index is 9.29. The first-order valence-electron chi connectivity index (χ1n) is 6.87. The lowest BCUT2D eigenvalue weighted by Gasteiger charge is -2.08. The highest BCUT2D eigenvalue weighted by molar-refractivity contribution is 5.85. The molecule has 0 atom stereocenters. The summed E-state index contributed by atoms with van der Waals surface area (Å²) in [6, 6.07) is 12.5. The smallest absolute Gasteiger partial charge is 0.0488 e. The van der Waals surface area contributed by atoms with Gasteiger partial charge < -0.3 is 9.67 Å². The second kappa shape index (κ2) is 5.47. The Hall–Kier alpha value is -2.13. The van der Waals surface area contributed by atoms with Crippen LogP contribution in [0.5, 0.6) is 0 Å². The van der Waals surface area contributed by atoms with Crippen LogP contribution in [0, 0.1) is 6.92 Å². The molecule has 3 nitrogen and oxygen atoms in total. The van der Waals surface area contributed by atoms with Crippen LogP contribution in [0.1, 0.15) is 16.8 Å². The molecule has 0 bridgehead atoms. The van der Waals surface area contributed by atoms with Gasteiger partial charge in [-0.2, -0.15) is 0 Å². The number of para-hydroxylation sites is 1. The predicted octanol–water partition coefficient (Wildman–Crippen LogP) is 2.93. The van der Waals surface area contributed by atoms with Gasteiger partial charge in [-0.3, -0.25) is 4.98 Å². The number of benzene rings is 1. The van der Waals surface area contributed by atoms with Gasteiger partial charge in [0.1, 0.15) is 0 Å². The number of aromatic nitrogens is 2. The predicted molar refractivity (Wildman–Crippen MR) is 80.8 cm³/mol. The summed E-state index contributed by atoms with van der Waals surface area (Å²) in [6.07, 6.45) is 4.35. The second-order valence-corrected chi connectivity index (χ2v) is 5.00. The molecule has 0 aliphatic heterocycles. The quantitative estimate of drug-likeness (QED) is 0.788. The van der Waals surface area contributed by atoms with Crippen LogP contribution in [-0.4, -0.2) is 21.3 Å². The number of fused-ring (bicyclic) bond motifs is 1. The molecule has 0 aliphatic carbocycles. The van der Waals surface area contributed by atoms with Crippen LogP contribution in [0.15, 0.2) is 48.8 Å². The van der Waals surface area contributed by atoms with Crippen LogP contribution in [0.4, 0.5) is 0 Å². The summed E-state index contributed by atoms with van der Waals surface area (Å²) in [7, 11) is 0. The van der Waals surface area contributed by atoms with E-state index in [2.05, 4.69) is 40.7 Å². The van der Waals surface area contributed by atoms with Crippen molar-refractivity contribution in [3.8, 4) is 0 Å². The van der Waals surface area contributed by atoms with Crippen LogP contribution >= 0.6 is 0 Å². The molecule has 3 heteroatoms. The van der Waals surface area contributed by atoms with E-state index in [1.807, 2.05) is 24.5 Å². The van der Waals surface area contributed by atoms with Crippen molar-refractivity contribution in [2.75, 3.05) is 6.61 Å². The molecule has 0 amide bonds. The third-order valence-electron chi connectivity index (χ3n) is 3.81. The molecule has 0 radical (unpaired) electrons. The molecule has 0 aliphatic rings. The lowest BCUT2D eigenvalue weighted by molar-refractivity contribution is 0.299. The summed E-state index contributed by atoms with van der Waals surface area (Å²) in [6.45, 7) is 3.15. The minimum absolute atomic E-state index is 0.185. The molecule has 1 N–H and O–H groups in total. The zero-order valence-electron chi connectivity index (χ0n) is 11.6. The molecule has 0 fully saturated rings. The zero-order chi connectivity index (χ0) is 13.9. The largest absolute Gasteiger partial charge is 0.396 e. The Kier molecular flexibility index (Phi) is 3.52. The van der Waals surface area contributed by atoms with Gasteiger partial charge in [0.15, 0.2) is 0 Å². The van der Waals surface area contributed by atoms with Gasteiger partial charge in [-0.25, -0.2) is 0 Å². The molecular weight excluding hydrogens is 248 g/mol. The Labute approximate surface area is 118 Å². The molecule has 2 heterocycles. The van der Waals surface area contributed by atoms with Crippen molar-refractivity contribution in [3.05, 3.63) is 65.6 Å². The first-order chi connectivity index (χ1) is 9.81. The second-order valence-electron chi connectivity index (χ2n) is 5.00. The highest BCUT2D eigenvalue weighted by Gasteiger charge is 2.13. The third kappa shape index (κ3) is 2.21. The van der Waals surface area contributed by atoms with E-state index in [-0.39, 0.29) is 6.61 Å². The third-order valence-corrected chi connectivity index (χ3v) is 3.81. The molecule has 20 heavy (non-hydrogen) atoms. The molecule has 0 saturated carbocycles. The van der Waals surface area contributed by atoms with Gasteiger partial charge in [-0.15, -0.1) is 0 Å². The van der Waals surface area contributed by atoms with Crippen molar-refractivity contribution in [3.63, 3.8) is 0 Å². The molecule has 1 aromatic carbocycles. The molecule has 0 spiro atoms. The summed E-state index contributed by atoms with van der Waals surface area (Å²) >= 11 is 0. The Balaban J connectivity index is 2.12. The van der Waals surface area contributed by atoms with Gasteiger partial charge in [0.05, 0.1) is 0 Å². The van der Waals surface area contributed by atoms with Gasteiger partial charge in [0, 0.05) is 42.1 Å². The normalized spacial score (nSPS) is 11.1. The fourth-order valence-corrected chi connectivity index (χ4v) is 2.80. The number of pyridine rings is 1. The number of rotatable bonds is 4.